The molecular weight excluding hydrogens is 274 g/mol. The smallest absolute Gasteiger partial charge is 0.0317 e. The summed E-state index contributed by atoms with van der Waals surface area (Å²) in [6, 6.07) is 9.16. The van der Waals surface area contributed by atoms with Gasteiger partial charge in [-0.2, -0.15) is 0 Å². The molecule has 0 aliphatic rings. The van der Waals surface area contributed by atoms with Gasteiger partial charge in [0, 0.05) is 10.5 Å². The fourth-order valence-corrected chi connectivity index (χ4v) is 2.29. The summed E-state index contributed by atoms with van der Waals surface area (Å²) >= 11 is 3.48. The zero-order valence-electron chi connectivity index (χ0n) is 11.0. The number of rotatable bonds is 8. The van der Waals surface area contributed by atoms with Crippen molar-refractivity contribution in [3.05, 3.63) is 34.3 Å². The van der Waals surface area contributed by atoms with Gasteiger partial charge in [-0.1, -0.05) is 61.2 Å². The molecule has 0 bridgehead atoms. The van der Waals surface area contributed by atoms with Crippen LogP contribution in [0.25, 0.3) is 0 Å². The maximum Gasteiger partial charge on any atom is 0.0317 e. The van der Waals surface area contributed by atoms with Crippen LogP contribution in [0.1, 0.15) is 57.6 Å². The Hall–Kier alpha value is -0.340. The summed E-state index contributed by atoms with van der Waals surface area (Å²) in [7, 11) is 0. The van der Waals surface area contributed by atoms with E-state index in [0.29, 0.717) is 6.04 Å². The highest BCUT2D eigenvalue weighted by Gasteiger charge is 2.07. The zero-order chi connectivity index (χ0) is 12.5. The predicted octanol–water partition coefficient (Wildman–Crippen LogP) is 5.07. The van der Waals surface area contributed by atoms with Crippen LogP contribution in [0.15, 0.2) is 28.7 Å². The molecule has 17 heavy (non-hydrogen) atoms. The Kier molecular flexibility index (Phi) is 7.54. The van der Waals surface area contributed by atoms with Crippen molar-refractivity contribution in [2.45, 2.75) is 52.0 Å². The third-order valence-electron chi connectivity index (χ3n) is 3.10. The summed E-state index contributed by atoms with van der Waals surface area (Å²) in [5.41, 5.74) is 1.39. The molecule has 1 aromatic rings. The Balaban J connectivity index is 2.35. The predicted molar refractivity (Wildman–Crippen MR) is 79.3 cm³/mol. The lowest BCUT2D eigenvalue weighted by molar-refractivity contribution is 0.497. The Morgan fingerprint density at radius 3 is 2.35 bits per heavy atom. The molecule has 0 fully saturated rings. The first-order valence-electron chi connectivity index (χ1n) is 6.76. The third-order valence-corrected chi connectivity index (χ3v) is 3.63. The van der Waals surface area contributed by atoms with Crippen molar-refractivity contribution in [2.24, 2.45) is 0 Å². The topological polar surface area (TPSA) is 12.0 Å². The fraction of sp³-hybridized carbons (Fsp3) is 0.600. The quantitative estimate of drug-likeness (QED) is 0.661. The van der Waals surface area contributed by atoms with E-state index in [4.69, 9.17) is 0 Å². The molecule has 0 aliphatic carbocycles. The van der Waals surface area contributed by atoms with Crippen LogP contribution in [0.5, 0.6) is 0 Å². The van der Waals surface area contributed by atoms with Crippen LogP contribution in [0.3, 0.4) is 0 Å². The first kappa shape index (κ1) is 14.7. The van der Waals surface area contributed by atoms with E-state index in [1.165, 1.54) is 31.2 Å². The third kappa shape index (κ3) is 5.69. The van der Waals surface area contributed by atoms with Crippen molar-refractivity contribution < 1.29 is 0 Å². The van der Waals surface area contributed by atoms with E-state index in [-0.39, 0.29) is 0 Å². The Morgan fingerprint density at radius 2 is 1.76 bits per heavy atom. The zero-order valence-corrected chi connectivity index (χ0v) is 12.6. The van der Waals surface area contributed by atoms with Crippen LogP contribution in [0, 0.1) is 0 Å². The van der Waals surface area contributed by atoms with Gasteiger partial charge >= 0.3 is 0 Å². The Labute approximate surface area is 114 Å². The van der Waals surface area contributed by atoms with E-state index < -0.39 is 0 Å². The van der Waals surface area contributed by atoms with Gasteiger partial charge in [0.2, 0.25) is 0 Å². The second-order valence-electron chi connectivity index (χ2n) is 4.53. The van der Waals surface area contributed by atoms with Crippen LogP contribution < -0.4 is 5.32 Å². The summed E-state index contributed by atoms with van der Waals surface area (Å²) in [4.78, 5) is 0. The normalized spacial score (nSPS) is 12.6. The highest BCUT2D eigenvalue weighted by molar-refractivity contribution is 9.10. The molecule has 0 saturated carbocycles. The molecule has 0 spiro atoms. The Bertz CT molecular complexity index is 294. The van der Waals surface area contributed by atoms with Gasteiger partial charge in [0.1, 0.15) is 0 Å². The van der Waals surface area contributed by atoms with E-state index in [9.17, 15) is 0 Å². The fourth-order valence-electron chi connectivity index (χ4n) is 2.02. The summed E-state index contributed by atoms with van der Waals surface area (Å²) in [5, 5.41) is 3.65. The lowest BCUT2D eigenvalue weighted by atomic mass is 10.0. The summed E-state index contributed by atoms with van der Waals surface area (Å²) in [6.45, 7) is 5.63. The molecule has 0 amide bonds. The summed E-state index contributed by atoms with van der Waals surface area (Å²) < 4.78 is 1.15. The van der Waals surface area contributed by atoms with Crippen molar-refractivity contribution in [1.82, 2.24) is 5.32 Å². The van der Waals surface area contributed by atoms with E-state index in [2.05, 4.69) is 59.4 Å². The van der Waals surface area contributed by atoms with Gasteiger partial charge in [0.05, 0.1) is 0 Å². The monoisotopic (exact) mass is 297 g/mol. The van der Waals surface area contributed by atoms with Gasteiger partial charge in [-0.05, 0) is 37.1 Å². The van der Waals surface area contributed by atoms with Gasteiger partial charge in [0.15, 0.2) is 0 Å². The SMILES string of the molecule is CCCCCCN[C@@H](CC)c1ccc(Br)cc1. The number of nitrogens with one attached hydrogen (secondary N) is 1. The number of unbranched alkanes of at least 4 members (excludes halogenated alkanes) is 3. The van der Waals surface area contributed by atoms with E-state index >= 15 is 0 Å². The molecule has 1 nitrogen and oxygen atoms in total. The lowest BCUT2D eigenvalue weighted by Crippen LogP contribution is -2.21. The van der Waals surface area contributed by atoms with Crippen LogP contribution in [0.4, 0.5) is 0 Å². The maximum absolute atomic E-state index is 3.65. The molecule has 96 valence electrons. The number of halogens is 1. The van der Waals surface area contributed by atoms with Gasteiger partial charge in [0.25, 0.3) is 0 Å². The number of hydrogen-bond acceptors (Lipinski definition) is 1. The average Bonchev–Trinajstić information content (AvgIpc) is 2.35. The molecule has 0 aromatic heterocycles. The van der Waals surface area contributed by atoms with Crippen molar-refractivity contribution in [3.63, 3.8) is 0 Å². The van der Waals surface area contributed by atoms with Crippen molar-refractivity contribution in [1.29, 1.82) is 0 Å². The molecule has 1 N–H and O–H groups in total. The van der Waals surface area contributed by atoms with Crippen LogP contribution >= 0.6 is 15.9 Å². The minimum Gasteiger partial charge on any atom is -0.310 e. The van der Waals surface area contributed by atoms with E-state index in [0.717, 1.165) is 17.4 Å². The van der Waals surface area contributed by atoms with Crippen LogP contribution in [0.2, 0.25) is 0 Å². The molecule has 1 aromatic carbocycles. The Morgan fingerprint density at radius 1 is 1.06 bits per heavy atom. The van der Waals surface area contributed by atoms with Crippen LogP contribution in [-0.2, 0) is 0 Å². The van der Waals surface area contributed by atoms with Crippen molar-refractivity contribution >= 4 is 15.9 Å². The average molecular weight is 298 g/mol. The van der Waals surface area contributed by atoms with Crippen molar-refractivity contribution in [2.75, 3.05) is 6.54 Å². The lowest BCUT2D eigenvalue weighted by Gasteiger charge is -2.17. The second kappa shape index (κ2) is 8.71. The van der Waals surface area contributed by atoms with E-state index in [1.54, 1.807) is 0 Å². The van der Waals surface area contributed by atoms with Crippen molar-refractivity contribution in [3.8, 4) is 0 Å². The van der Waals surface area contributed by atoms with Crippen LogP contribution in [-0.4, -0.2) is 6.54 Å². The number of benzene rings is 1. The molecule has 1 rings (SSSR count). The summed E-state index contributed by atoms with van der Waals surface area (Å²) in [6.07, 6.45) is 6.46. The largest absolute Gasteiger partial charge is 0.310 e. The van der Waals surface area contributed by atoms with Gasteiger partial charge < -0.3 is 5.32 Å². The first-order chi connectivity index (χ1) is 8.27. The molecular formula is C15H24BrN. The molecule has 0 aliphatic heterocycles. The van der Waals surface area contributed by atoms with Gasteiger partial charge in [-0.25, -0.2) is 0 Å². The first-order valence-corrected chi connectivity index (χ1v) is 7.56. The highest BCUT2D eigenvalue weighted by Crippen LogP contribution is 2.19. The standard InChI is InChI=1S/C15H24BrN/c1-3-5-6-7-12-17-15(4-2)13-8-10-14(16)11-9-13/h8-11,15,17H,3-7,12H2,1-2H3/t15-/m0/s1. The van der Waals surface area contributed by atoms with Gasteiger partial charge in [-0.3, -0.25) is 0 Å². The minimum absolute atomic E-state index is 0.504. The molecule has 0 unspecified atom stereocenters. The maximum atomic E-state index is 3.65. The molecule has 0 saturated heterocycles. The molecule has 1 atom stereocenters. The molecule has 0 heterocycles. The highest BCUT2D eigenvalue weighted by atomic mass is 79.9. The summed E-state index contributed by atoms with van der Waals surface area (Å²) in [5.74, 6) is 0. The number of hydrogen-bond donors (Lipinski definition) is 1. The van der Waals surface area contributed by atoms with E-state index in [1.807, 2.05) is 0 Å². The minimum atomic E-state index is 0.504. The second-order valence-corrected chi connectivity index (χ2v) is 5.44. The van der Waals surface area contributed by atoms with Gasteiger partial charge in [-0.15, -0.1) is 0 Å². The molecule has 0 radical (unpaired) electrons. The molecule has 2 heteroatoms.